The van der Waals surface area contributed by atoms with Crippen molar-refractivity contribution < 1.29 is 0 Å². The third-order valence-electron chi connectivity index (χ3n) is 11.2. The molecule has 0 aromatic heterocycles. The van der Waals surface area contributed by atoms with Crippen molar-refractivity contribution in [2.75, 3.05) is 0 Å². The molecule has 0 amide bonds. The minimum Gasteiger partial charge on any atom is -0.0840 e. The minimum absolute atomic E-state index is 0.623. The zero-order valence-corrected chi connectivity index (χ0v) is 24.3. The van der Waals surface area contributed by atoms with Crippen LogP contribution >= 0.6 is 23.2 Å². The lowest BCUT2D eigenvalue weighted by molar-refractivity contribution is 0.144. The van der Waals surface area contributed by atoms with Gasteiger partial charge in [0.05, 0.1) is 0 Å². The summed E-state index contributed by atoms with van der Waals surface area (Å²) in [6.07, 6.45) is 28.6. The first-order valence-corrected chi connectivity index (χ1v) is 16.4. The maximum absolute atomic E-state index is 7.06. The summed E-state index contributed by atoms with van der Waals surface area (Å²) in [4.78, 5) is 0. The molecule has 4 saturated carbocycles. The highest BCUT2D eigenvalue weighted by atomic mass is 35.5. The normalized spacial score (nSPS) is 34.1. The third kappa shape index (κ3) is 4.73. The fourth-order valence-electron chi connectivity index (χ4n) is 9.40. The molecule has 0 bridgehead atoms. The molecule has 0 aliphatic heterocycles. The topological polar surface area (TPSA) is 0 Å². The zero-order valence-electron chi connectivity index (χ0n) is 22.7. The first-order valence-electron chi connectivity index (χ1n) is 15.7. The second kappa shape index (κ2) is 10.8. The fraction of sp³-hybridized carbons (Fsp3) is 0.556. The molecule has 5 aliphatic carbocycles. The third-order valence-corrected chi connectivity index (χ3v) is 11.9. The van der Waals surface area contributed by atoms with E-state index in [1.165, 1.54) is 123 Å². The van der Waals surface area contributed by atoms with E-state index < -0.39 is 0 Å². The van der Waals surface area contributed by atoms with Crippen LogP contribution in [0.2, 0.25) is 10.0 Å². The van der Waals surface area contributed by atoms with E-state index in [1.54, 1.807) is 0 Å². The van der Waals surface area contributed by atoms with Gasteiger partial charge in [0.15, 0.2) is 0 Å². The predicted octanol–water partition coefficient (Wildman–Crippen LogP) is 11.8. The summed E-state index contributed by atoms with van der Waals surface area (Å²) in [6, 6.07) is 9.34. The fourth-order valence-corrected chi connectivity index (χ4v) is 10.0. The van der Waals surface area contributed by atoms with Gasteiger partial charge in [-0.1, -0.05) is 112 Å². The second-order valence-corrected chi connectivity index (χ2v) is 14.0. The predicted molar refractivity (Wildman–Crippen MR) is 165 cm³/mol. The van der Waals surface area contributed by atoms with E-state index >= 15 is 0 Å². The Hall–Kier alpha value is -1.50. The van der Waals surface area contributed by atoms with Crippen molar-refractivity contribution in [2.45, 2.75) is 102 Å². The lowest BCUT2D eigenvalue weighted by Crippen LogP contribution is -2.30. The number of fused-ring (bicyclic) bond motifs is 4. The average molecular weight is 546 g/mol. The molecule has 0 spiro atoms. The van der Waals surface area contributed by atoms with Crippen LogP contribution in [-0.4, -0.2) is 0 Å². The molecule has 0 nitrogen and oxygen atoms in total. The number of hydrogen-bond acceptors (Lipinski definition) is 0. The first kappa shape index (κ1) is 25.5. The van der Waals surface area contributed by atoms with Crippen LogP contribution in [0.1, 0.15) is 135 Å². The summed E-state index contributed by atoms with van der Waals surface area (Å²) >= 11 is 14.1. The molecular weight excluding hydrogens is 503 g/mol. The van der Waals surface area contributed by atoms with Crippen LogP contribution in [-0.2, 0) is 0 Å². The molecule has 2 aromatic rings. The molecule has 38 heavy (non-hydrogen) atoms. The van der Waals surface area contributed by atoms with Gasteiger partial charge in [-0.3, -0.25) is 0 Å². The smallest absolute Gasteiger partial charge is 0.0447 e. The van der Waals surface area contributed by atoms with Crippen LogP contribution in [0.15, 0.2) is 24.3 Å². The van der Waals surface area contributed by atoms with Gasteiger partial charge < -0.3 is 0 Å². The van der Waals surface area contributed by atoms with Crippen molar-refractivity contribution in [1.29, 1.82) is 0 Å². The van der Waals surface area contributed by atoms with Gasteiger partial charge in [0.25, 0.3) is 0 Å². The molecule has 200 valence electrons. The summed E-state index contributed by atoms with van der Waals surface area (Å²) < 4.78 is 0. The standard InChI is InChI=1S/C36H42Cl2/c37-35-21-27-18-16-26-20-34(32-14-6-10-24-8-2-4-12-30(24)32)36(38)22-28(26)17-15-25(27)19-33(35)31-13-5-9-23-7-1-3-11-29(23)31/h15-24,29-32H,1-14H2/b17-15-,18-16-,25-15?,26-16?,27-18?,28-17?. The highest BCUT2D eigenvalue weighted by Gasteiger charge is 2.38. The molecule has 2 heteroatoms. The van der Waals surface area contributed by atoms with Crippen molar-refractivity contribution in [3.63, 3.8) is 0 Å². The van der Waals surface area contributed by atoms with Gasteiger partial charge in [0, 0.05) is 10.0 Å². The van der Waals surface area contributed by atoms with Crippen LogP contribution in [0.25, 0.3) is 24.3 Å². The Morgan fingerprint density at radius 1 is 0.421 bits per heavy atom. The van der Waals surface area contributed by atoms with Gasteiger partial charge in [-0.2, -0.15) is 0 Å². The number of halogens is 2. The molecule has 4 fully saturated rings. The van der Waals surface area contributed by atoms with E-state index in [1.807, 2.05) is 0 Å². The van der Waals surface area contributed by atoms with Crippen molar-refractivity contribution in [3.05, 3.63) is 67.7 Å². The van der Waals surface area contributed by atoms with E-state index in [0.29, 0.717) is 11.8 Å². The molecule has 0 radical (unpaired) electrons. The van der Waals surface area contributed by atoms with Gasteiger partial charge in [0.1, 0.15) is 0 Å². The summed E-state index contributed by atoms with van der Waals surface area (Å²) in [5.74, 6) is 4.71. The van der Waals surface area contributed by atoms with Gasteiger partial charge in [-0.05, 0) is 119 Å². The lowest BCUT2D eigenvalue weighted by Gasteiger charge is -2.42. The van der Waals surface area contributed by atoms with Gasteiger partial charge in [-0.15, -0.1) is 0 Å². The quantitative estimate of drug-likeness (QED) is 0.300. The first-order chi connectivity index (χ1) is 18.7. The largest absolute Gasteiger partial charge is 0.0840 e. The monoisotopic (exact) mass is 544 g/mol. The number of benzene rings is 2. The van der Waals surface area contributed by atoms with Crippen molar-refractivity contribution in [1.82, 2.24) is 0 Å². The summed E-state index contributed by atoms with van der Waals surface area (Å²) in [5.41, 5.74) is 7.85. The maximum Gasteiger partial charge on any atom is 0.0447 e. The minimum atomic E-state index is 0.623. The number of rotatable bonds is 2. The molecule has 0 heterocycles. The molecule has 0 saturated heterocycles. The molecule has 6 unspecified atom stereocenters. The molecule has 2 aromatic carbocycles. The molecule has 7 rings (SSSR count). The molecule has 0 N–H and O–H groups in total. The highest BCUT2D eigenvalue weighted by molar-refractivity contribution is 6.32. The zero-order chi connectivity index (χ0) is 25.6. The van der Waals surface area contributed by atoms with E-state index in [9.17, 15) is 0 Å². The Morgan fingerprint density at radius 2 is 0.789 bits per heavy atom. The molecular formula is C36H42Cl2. The maximum atomic E-state index is 7.06. The van der Waals surface area contributed by atoms with E-state index in [4.69, 9.17) is 23.2 Å². The summed E-state index contributed by atoms with van der Waals surface area (Å²) in [6.45, 7) is 0. The van der Waals surface area contributed by atoms with Crippen molar-refractivity contribution >= 4 is 47.5 Å². The number of hydrogen-bond donors (Lipinski definition) is 0. The van der Waals surface area contributed by atoms with Crippen molar-refractivity contribution in [2.24, 2.45) is 23.7 Å². The Labute approximate surface area is 239 Å². The van der Waals surface area contributed by atoms with Crippen LogP contribution < -0.4 is 0 Å². The SMILES string of the molecule is Clc1cc2c(cc1C1CCCC3CCCCC31)/C=C\c1cc(Cl)c(C3CCCC4CCCCC43)cc1/C=C\2. The van der Waals surface area contributed by atoms with Crippen molar-refractivity contribution in [3.8, 4) is 0 Å². The van der Waals surface area contributed by atoms with Crippen LogP contribution in [0.3, 0.4) is 0 Å². The Bertz CT molecular complexity index is 1150. The molecule has 5 aliphatic rings. The Morgan fingerprint density at radius 3 is 1.24 bits per heavy atom. The van der Waals surface area contributed by atoms with Crippen LogP contribution in [0, 0.1) is 23.7 Å². The van der Waals surface area contributed by atoms with Crippen LogP contribution in [0.5, 0.6) is 0 Å². The van der Waals surface area contributed by atoms with Crippen LogP contribution in [0.4, 0.5) is 0 Å². The van der Waals surface area contributed by atoms with Gasteiger partial charge in [-0.25, -0.2) is 0 Å². The van der Waals surface area contributed by atoms with E-state index in [2.05, 4.69) is 48.6 Å². The Balaban J connectivity index is 1.20. The summed E-state index contributed by atoms with van der Waals surface area (Å²) in [5, 5.41) is 1.95. The molecule has 6 atom stereocenters. The van der Waals surface area contributed by atoms with Gasteiger partial charge >= 0.3 is 0 Å². The van der Waals surface area contributed by atoms with Gasteiger partial charge in [0.2, 0.25) is 0 Å². The Kier molecular flexibility index (Phi) is 7.25. The second-order valence-electron chi connectivity index (χ2n) is 13.2. The lowest BCUT2D eigenvalue weighted by atomic mass is 9.63. The highest BCUT2D eigenvalue weighted by Crippen LogP contribution is 2.51. The van der Waals surface area contributed by atoms with E-state index in [-0.39, 0.29) is 0 Å². The summed E-state index contributed by atoms with van der Waals surface area (Å²) in [7, 11) is 0. The van der Waals surface area contributed by atoms with E-state index in [0.717, 1.165) is 33.7 Å². The average Bonchev–Trinajstić information content (AvgIpc) is 2.94.